The van der Waals surface area contributed by atoms with Gasteiger partial charge in [-0.15, -0.1) is 10.2 Å². The van der Waals surface area contributed by atoms with Crippen molar-refractivity contribution < 1.29 is 14.5 Å². The van der Waals surface area contributed by atoms with E-state index in [1.54, 1.807) is 19.2 Å². The number of thioether (sulfide) groups is 1. The number of nitrogens with zero attached hydrogens (tertiary/aromatic N) is 4. The number of benzene rings is 2. The van der Waals surface area contributed by atoms with E-state index in [4.69, 9.17) is 4.74 Å². The van der Waals surface area contributed by atoms with Crippen LogP contribution >= 0.6 is 11.8 Å². The Balaban J connectivity index is 1.70. The van der Waals surface area contributed by atoms with Gasteiger partial charge in [-0.25, -0.2) is 0 Å². The van der Waals surface area contributed by atoms with Gasteiger partial charge in [0, 0.05) is 18.2 Å². The van der Waals surface area contributed by atoms with Crippen LogP contribution in [0, 0.1) is 10.1 Å². The molecule has 10 heteroatoms. The Morgan fingerprint density at radius 2 is 1.93 bits per heavy atom. The van der Waals surface area contributed by atoms with Gasteiger partial charge in [-0.3, -0.25) is 14.9 Å². The van der Waals surface area contributed by atoms with Gasteiger partial charge in [-0.1, -0.05) is 23.9 Å². The highest BCUT2D eigenvalue weighted by Crippen LogP contribution is 2.27. The van der Waals surface area contributed by atoms with Gasteiger partial charge in [0.1, 0.15) is 11.4 Å². The summed E-state index contributed by atoms with van der Waals surface area (Å²) in [5, 5.41) is 22.7. The van der Waals surface area contributed by atoms with Crippen LogP contribution in [0.5, 0.6) is 5.75 Å². The molecule has 0 unspecified atom stereocenters. The predicted octanol–water partition coefficient (Wildman–Crippen LogP) is 3.61. The van der Waals surface area contributed by atoms with Crippen LogP contribution in [-0.4, -0.2) is 38.5 Å². The lowest BCUT2D eigenvalue weighted by molar-refractivity contribution is -0.383. The SMILES string of the molecule is CCn1c(SCC(=O)Nc2ccccc2[N+](=O)[O-])nnc1-c1ccc(OC)cc1. The van der Waals surface area contributed by atoms with Gasteiger partial charge in [-0.05, 0) is 37.3 Å². The molecule has 0 bridgehead atoms. The summed E-state index contributed by atoms with van der Waals surface area (Å²) in [6.45, 7) is 2.59. The Hall–Kier alpha value is -3.40. The fourth-order valence-corrected chi connectivity index (χ4v) is 3.49. The van der Waals surface area contributed by atoms with Crippen LogP contribution in [0.2, 0.25) is 0 Å². The maximum absolute atomic E-state index is 12.3. The first-order valence-corrected chi connectivity index (χ1v) is 9.75. The Bertz CT molecular complexity index is 1020. The lowest BCUT2D eigenvalue weighted by Crippen LogP contribution is -2.15. The summed E-state index contributed by atoms with van der Waals surface area (Å²) in [5.41, 5.74) is 0.903. The highest BCUT2D eigenvalue weighted by atomic mass is 32.2. The number of amides is 1. The average Bonchev–Trinajstić information content (AvgIpc) is 3.15. The molecule has 3 rings (SSSR count). The number of carbonyl (C=O) groups is 1. The fourth-order valence-electron chi connectivity index (χ4n) is 2.69. The number of carbonyl (C=O) groups excluding carboxylic acids is 1. The molecule has 29 heavy (non-hydrogen) atoms. The van der Waals surface area contributed by atoms with Crippen molar-refractivity contribution in [3.05, 3.63) is 58.6 Å². The zero-order valence-electron chi connectivity index (χ0n) is 15.9. The molecule has 9 nitrogen and oxygen atoms in total. The number of aromatic nitrogens is 3. The molecule has 150 valence electrons. The van der Waals surface area contributed by atoms with Crippen molar-refractivity contribution in [3.8, 4) is 17.1 Å². The summed E-state index contributed by atoms with van der Waals surface area (Å²) in [6, 6.07) is 13.5. The molecule has 0 radical (unpaired) electrons. The number of methoxy groups -OCH3 is 1. The molecule has 0 aliphatic heterocycles. The van der Waals surface area contributed by atoms with Crippen molar-refractivity contribution >= 4 is 29.0 Å². The summed E-state index contributed by atoms with van der Waals surface area (Å²) in [6.07, 6.45) is 0. The van der Waals surface area contributed by atoms with Crippen molar-refractivity contribution in [1.82, 2.24) is 14.8 Å². The third-order valence-corrected chi connectivity index (χ3v) is 5.06. The van der Waals surface area contributed by atoms with Crippen LogP contribution in [0.15, 0.2) is 53.7 Å². The van der Waals surface area contributed by atoms with E-state index in [1.165, 1.54) is 23.9 Å². The van der Waals surface area contributed by atoms with Gasteiger partial charge >= 0.3 is 0 Å². The molecule has 0 atom stereocenters. The monoisotopic (exact) mass is 413 g/mol. The molecule has 0 fully saturated rings. The normalized spacial score (nSPS) is 10.6. The molecule has 1 amide bonds. The topological polar surface area (TPSA) is 112 Å². The quantitative estimate of drug-likeness (QED) is 0.341. The van der Waals surface area contributed by atoms with Crippen LogP contribution in [0.3, 0.4) is 0 Å². The van der Waals surface area contributed by atoms with Gasteiger partial charge in [0.05, 0.1) is 17.8 Å². The van der Waals surface area contributed by atoms with Gasteiger partial charge in [0.25, 0.3) is 5.69 Å². The van der Waals surface area contributed by atoms with E-state index in [0.29, 0.717) is 17.5 Å². The zero-order valence-corrected chi connectivity index (χ0v) is 16.7. The largest absolute Gasteiger partial charge is 0.497 e. The molecule has 0 aliphatic carbocycles. The number of anilines is 1. The number of rotatable bonds is 8. The second-order valence-electron chi connectivity index (χ2n) is 5.89. The van der Waals surface area contributed by atoms with Crippen LogP contribution in [0.1, 0.15) is 6.92 Å². The highest BCUT2D eigenvalue weighted by molar-refractivity contribution is 7.99. The molecule has 0 saturated carbocycles. The molecular formula is C19H19N5O4S. The van der Waals surface area contributed by atoms with Crippen LogP contribution in [-0.2, 0) is 11.3 Å². The standard InChI is InChI=1S/C19H19N5O4S/c1-3-23-18(13-8-10-14(28-2)11-9-13)21-22-19(23)29-12-17(25)20-15-6-4-5-7-16(15)24(26)27/h4-11H,3,12H2,1-2H3,(H,20,25). The van der Waals surface area contributed by atoms with Crippen molar-refractivity contribution in [3.63, 3.8) is 0 Å². The number of nitrogens with one attached hydrogen (secondary N) is 1. The summed E-state index contributed by atoms with van der Waals surface area (Å²) in [4.78, 5) is 22.8. The Morgan fingerprint density at radius 1 is 1.21 bits per heavy atom. The molecule has 0 spiro atoms. The van der Waals surface area contributed by atoms with E-state index >= 15 is 0 Å². The molecule has 3 aromatic rings. The summed E-state index contributed by atoms with van der Waals surface area (Å²) < 4.78 is 7.08. The molecule has 1 N–H and O–H groups in total. The first-order valence-electron chi connectivity index (χ1n) is 8.77. The minimum Gasteiger partial charge on any atom is -0.497 e. The molecule has 0 saturated heterocycles. The van der Waals surface area contributed by atoms with Crippen LogP contribution in [0.4, 0.5) is 11.4 Å². The minimum absolute atomic E-state index is 0.0484. The van der Waals surface area contributed by atoms with Crippen molar-refractivity contribution in [2.75, 3.05) is 18.2 Å². The number of para-hydroxylation sites is 2. The molecular weight excluding hydrogens is 394 g/mol. The third kappa shape index (κ3) is 4.72. The highest BCUT2D eigenvalue weighted by Gasteiger charge is 2.17. The second kappa shape index (κ2) is 9.20. The summed E-state index contributed by atoms with van der Waals surface area (Å²) in [7, 11) is 1.60. The van der Waals surface area contributed by atoms with E-state index in [-0.39, 0.29) is 23.0 Å². The minimum atomic E-state index is -0.530. The average molecular weight is 413 g/mol. The van der Waals surface area contributed by atoms with E-state index in [0.717, 1.165) is 11.3 Å². The maximum Gasteiger partial charge on any atom is 0.292 e. The Labute approximate surface area is 171 Å². The summed E-state index contributed by atoms with van der Waals surface area (Å²) in [5.74, 6) is 1.13. The van der Waals surface area contributed by atoms with Crippen molar-refractivity contribution in [2.24, 2.45) is 0 Å². The number of ether oxygens (including phenoxy) is 1. The smallest absolute Gasteiger partial charge is 0.292 e. The molecule has 2 aromatic carbocycles. The zero-order chi connectivity index (χ0) is 20.8. The van der Waals surface area contributed by atoms with Crippen molar-refractivity contribution in [1.29, 1.82) is 0 Å². The molecule has 0 aliphatic rings. The number of hydrogen-bond donors (Lipinski definition) is 1. The number of hydrogen-bond acceptors (Lipinski definition) is 7. The number of nitro groups is 1. The maximum atomic E-state index is 12.3. The Morgan fingerprint density at radius 3 is 2.59 bits per heavy atom. The first-order chi connectivity index (χ1) is 14.0. The lowest BCUT2D eigenvalue weighted by Gasteiger charge is -2.08. The number of nitro benzene ring substituents is 1. The van der Waals surface area contributed by atoms with Gasteiger partial charge < -0.3 is 14.6 Å². The van der Waals surface area contributed by atoms with Crippen molar-refractivity contribution in [2.45, 2.75) is 18.6 Å². The van der Waals surface area contributed by atoms with E-state index in [2.05, 4.69) is 15.5 Å². The second-order valence-corrected chi connectivity index (χ2v) is 6.83. The predicted molar refractivity (Wildman–Crippen MR) is 110 cm³/mol. The molecule has 1 heterocycles. The first kappa shape index (κ1) is 20.3. The fraction of sp³-hybridized carbons (Fsp3) is 0.211. The molecule has 1 aromatic heterocycles. The van der Waals surface area contributed by atoms with Gasteiger partial charge in [-0.2, -0.15) is 0 Å². The van der Waals surface area contributed by atoms with E-state index < -0.39 is 4.92 Å². The van der Waals surface area contributed by atoms with Gasteiger partial charge in [0.2, 0.25) is 5.91 Å². The van der Waals surface area contributed by atoms with Gasteiger partial charge in [0.15, 0.2) is 11.0 Å². The Kier molecular flexibility index (Phi) is 6.45. The summed E-state index contributed by atoms with van der Waals surface area (Å²) >= 11 is 1.22. The lowest BCUT2D eigenvalue weighted by atomic mass is 10.2. The van der Waals surface area contributed by atoms with E-state index in [1.807, 2.05) is 35.8 Å². The van der Waals surface area contributed by atoms with Crippen LogP contribution in [0.25, 0.3) is 11.4 Å². The van der Waals surface area contributed by atoms with E-state index in [9.17, 15) is 14.9 Å². The third-order valence-electron chi connectivity index (χ3n) is 4.09. The van der Waals surface area contributed by atoms with Crippen LogP contribution < -0.4 is 10.1 Å².